The average Bonchev–Trinajstić information content (AvgIpc) is 3.63. The van der Waals surface area contributed by atoms with Crippen LogP contribution in [0.25, 0.3) is 43.8 Å². The SMILES string of the molecule is Nc1ncc(C(=O)Nc2ccncc2)c2ccc(-c3cc(F)ccc3C3CCC(NC(=O)c4cnc(N)c5cc(-c6cccc(F)c6)ccc45)C3)cc12. The Bertz CT molecular complexity index is 2560. The van der Waals surface area contributed by atoms with Crippen molar-refractivity contribution in [2.75, 3.05) is 16.8 Å². The van der Waals surface area contributed by atoms with Gasteiger partial charge in [0.2, 0.25) is 0 Å². The first-order valence-corrected chi connectivity index (χ1v) is 17.2. The van der Waals surface area contributed by atoms with Gasteiger partial charge in [0.1, 0.15) is 23.3 Å². The fourth-order valence-electron chi connectivity index (χ4n) is 7.33. The number of nitrogens with zero attached hydrogens (tertiary/aromatic N) is 3. The zero-order valence-electron chi connectivity index (χ0n) is 28.3. The molecule has 3 aromatic heterocycles. The van der Waals surface area contributed by atoms with Crippen LogP contribution in [0.4, 0.5) is 26.1 Å². The standard InChI is InChI=1S/C42H33F2N7O2/c43-27-3-1-2-23(16-27)24-5-9-32-35(18-24)39(45)48-22-38(32)42(53)51-30-8-4-25(17-30)31-11-7-28(44)20-34(31)26-6-10-33-36(19-26)40(46)49-21-37(33)41(52)50-29-12-14-47-15-13-29/h1-3,5-7,9-16,18-22,25,30H,4,8,17H2,(H2,45,48)(H2,46,49)(H,51,53)(H,47,50,52). The van der Waals surface area contributed by atoms with E-state index in [0.29, 0.717) is 55.9 Å². The van der Waals surface area contributed by atoms with Gasteiger partial charge in [-0.05, 0) is 112 Å². The monoisotopic (exact) mass is 705 g/mol. The largest absolute Gasteiger partial charge is 0.383 e. The molecule has 0 saturated heterocycles. The van der Waals surface area contributed by atoms with Gasteiger partial charge in [0.15, 0.2) is 0 Å². The lowest BCUT2D eigenvalue weighted by Gasteiger charge is -2.18. The van der Waals surface area contributed by atoms with Gasteiger partial charge >= 0.3 is 0 Å². The molecule has 53 heavy (non-hydrogen) atoms. The molecule has 4 aromatic carbocycles. The molecular weight excluding hydrogens is 673 g/mol. The Labute approximate surface area is 303 Å². The summed E-state index contributed by atoms with van der Waals surface area (Å²) in [4.78, 5) is 39.5. The lowest BCUT2D eigenvalue weighted by atomic mass is 9.88. The van der Waals surface area contributed by atoms with Crippen LogP contribution in [-0.4, -0.2) is 32.8 Å². The van der Waals surface area contributed by atoms with E-state index in [1.165, 1.54) is 36.7 Å². The van der Waals surface area contributed by atoms with Gasteiger partial charge in [-0.1, -0.05) is 42.5 Å². The number of anilines is 3. The number of halogens is 2. The predicted octanol–water partition coefficient (Wildman–Crippen LogP) is 8.27. The van der Waals surface area contributed by atoms with Gasteiger partial charge in [-0.25, -0.2) is 18.7 Å². The number of aromatic nitrogens is 3. The van der Waals surface area contributed by atoms with Crippen molar-refractivity contribution in [2.24, 2.45) is 0 Å². The van der Waals surface area contributed by atoms with E-state index in [1.807, 2.05) is 42.5 Å². The quantitative estimate of drug-likeness (QED) is 0.130. The summed E-state index contributed by atoms with van der Waals surface area (Å²) in [6, 6.07) is 25.3. The van der Waals surface area contributed by atoms with Crippen LogP contribution in [0.3, 0.4) is 0 Å². The van der Waals surface area contributed by atoms with Gasteiger partial charge in [-0.3, -0.25) is 14.6 Å². The van der Waals surface area contributed by atoms with E-state index in [0.717, 1.165) is 29.5 Å². The van der Waals surface area contributed by atoms with Gasteiger partial charge in [0.25, 0.3) is 11.8 Å². The Hall–Kier alpha value is -6.75. The third-order valence-electron chi connectivity index (χ3n) is 9.96. The maximum absolute atomic E-state index is 14.8. The maximum Gasteiger partial charge on any atom is 0.257 e. The van der Waals surface area contributed by atoms with Crippen molar-refractivity contribution in [3.8, 4) is 22.3 Å². The fraction of sp³-hybridized carbons (Fsp3) is 0.119. The molecule has 0 aliphatic heterocycles. The minimum atomic E-state index is -0.383. The molecule has 2 atom stereocenters. The van der Waals surface area contributed by atoms with E-state index in [1.54, 1.807) is 36.7 Å². The molecule has 0 radical (unpaired) electrons. The first kappa shape index (κ1) is 33.4. The molecule has 9 nitrogen and oxygen atoms in total. The van der Waals surface area contributed by atoms with Crippen molar-refractivity contribution in [1.29, 1.82) is 0 Å². The summed E-state index contributed by atoms with van der Waals surface area (Å²) < 4.78 is 28.7. The second-order valence-corrected chi connectivity index (χ2v) is 13.2. The molecule has 0 spiro atoms. The Morgan fingerprint density at radius 1 is 0.660 bits per heavy atom. The molecule has 1 saturated carbocycles. The van der Waals surface area contributed by atoms with Crippen LogP contribution < -0.4 is 22.1 Å². The number of hydrogen-bond donors (Lipinski definition) is 4. The molecule has 0 bridgehead atoms. The summed E-state index contributed by atoms with van der Waals surface area (Å²) >= 11 is 0. The molecule has 7 aromatic rings. The molecule has 2 amide bonds. The zero-order chi connectivity index (χ0) is 36.6. The van der Waals surface area contributed by atoms with Crippen LogP contribution in [-0.2, 0) is 0 Å². The number of rotatable bonds is 7. The predicted molar refractivity (Wildman–Crippen MR) is 203 cm³/mol. The first-order valence-electron chi connectivity index (χ1n) is 17.2. The first-order chi connectivity index (χ1) is 25.7. The van der Waals surface area contributed by atoms with Gasteiger partial charge in [-0.15, -0.1) is 0 Å². The second-order valence-electron chi connectivity index (χ2n) is 13.2. The number of fused-ring (bicyclic) bond motifs is 2. The van der Waals surface area contributed by atoms with E-state index in [-0.39, 0.29) is 47.0 Å². The highest BCUT2D eigenvalue weighted by Crippen LogP contribution is 2.41. The van der Waals surface area contributed by atoms with Crippen LogP contribution in [0.15, 0.2) is 116 Å². The number of nitrogen functional groups attached to an aromatic ring is 2. The summed E-state index contributed by atoms with van der Waals surface area (Å²) in [5.74, 6) is -0.785. The minimum Gasteiger partial charge on any atom is -0.383 e. The summed E-state index contributed by atoms with van der Waals surface area (Å²) in [6.45, 7) is 0. The molecule has 11 heteroatoms. The molecule has 262 valence electrons. The Morgan fingerprint density at radius 2 is 1.30 bits per heavy atom. The van der Waals surface area contributed by atoms with Crippen LogP contribution >= 0.6 is 0 Å². The Kier molecular flexibility index (Phi) is 8.67. The van der Waals surface area contributed by atoms with Crippen molar-refractivity contribution < 1.29 is 18.4 Å². The maximum atomic E-state index is 14.8. The minimum absolute atomic E-state index is 0.0367. The summed E-state index contributed by atoms with van der Waals surface area (Å²) in [5.41, 5.74) is 17.7. The van der Waals surface area contributed by atoms with Crippen molar-refractivity contribution in [2.45, 2.75) is 31.2 Å². The highest BCUT2D eigenvalue weighted by molar-refractivity contribution is 6.14. The number of carbonyl (C=O) groups is 2. The van der Waals surface area contributed by atoms with Crippen LogP contribution in [0.5, 0.6) is 0 Å². The molecular formula is C42H33F2N7O2. The van der Waals surface area contributed by atoms with Crippen molar-refractivity contribution >= 4 is 50.7 Å². The summed E-state index contributed by atoms with van der Waals surface area (Å²) in [7, 11) is 0. The van der Waals surface area contributed by atoms with Crippen molar-refractivity contribution in [1.82, 2.24) is 20.3 Å². The van der Waals surface area contributed by atoms with E-state index >= 15 is 0 Å². The van der Waals surface area contributed by atoms with Crippen molar-refractivity contribution in [3.05, 3.63) is 144 Å². The zero-order valence-corrected chi connectivity index (χ0v) is 28.3. The van der Waals surface area contributed by atoms with Crippen LogP contribution in [0.1, 0.15) is 51.5 Å². The van der Waals surface area contributed by atoms with Gasteiger partial charge in [-0.2, -0.15) is 0 Å². The molecule has 1 aliphatic carbocycles. The van der Waals surface area contributed by atoms with Crippen LogP contribution in [0, 0.1) is 11.6 Å². The number of benzene rings is 4. The van der Waals surface area contributed by atoms with E-state index in [9.17, 15) is 18.4 Å². The molecule has 3 heterocycles. The van der Waals surface area contributed by atoms with E-state index in [4.69, 9.17) is 11.5 Å². The normalized spacial score (nSPS) is 15.4. The Morgan fingerprint density at radius 3 is 2.02 bits per heavy atom. The number of pyridine rings is 3. The van der Waals surface area contributed by atoms with Crippen molar-refractivity contribution in [3.63, 3.8) is 0 Å². The van der Waals surface area contributed by atoms with E-state index in [2.05, 4.69) is 25.6 Å². The Balaban J connectivity index is 1.04. The number of carbonyl (C=O) groups excluding carboxylic acids is 2. The topological polar surface area (TPSA) is 149 Å². The number of nitrogens with two attached hydrogens (primary N) is 2. The average molecular weight is 706 g/mol. The van der Waals surface area contributed by atoms with Gasteiger partial charge in [0, 0.05) is 47.3 Å². The van der Waals surface area contributed by atoms with Crippen LogP contribution in [0.2, 0.25) is 0 Å². The highest BCUT2D eigenvalue weighted by atomic mass is 19.1. The number of hydrogen-bond acceptors (Lipinski definition) is 7. The smallest absolute Gasteiger partial charge is 0.257 e. The third-order valence-corrected chi connectivity index (χ3v) is 9.96. The third kappa shape index (κ3) is 6.60. The number of nitrogens with one attached hydrogen (secondary N) is 2. The second kappa shape index (κ2) is 13.8. The molecule has 8 rings (SSSR count). The summed E-state index contributed by atoms with van der Waals surface area (Å²) in [6.07, 6.45) is 8.25. The highest BCUT2D eigenvalue weighted by Gasteiger charge is 2.30. The fourth-order valence-corrected chi connectivity index (χ4v) is 7.33. The van der Waals surface area contributed by atoms with E-state index < -0.39 is 0 Å². The molecule has 2 unspecified atom stereocenters. The number of amides is 2. The lowest BCUT2D eigenvalue weighted by molar-refractivity contribution is 0.0938. The lowest BCUT2D eigenvalue weighted by Crippen LogP contribution is -2.33. The summed E-state index contributed by atoms with van der Waals surface area (Å²) in [5, 5.41) is 8.49. The molecule has 6 N–H and O–H groups in total. The van der Waals surface area contributed by atoms with Gasteiger partial charge in [0.05, 0.1) is 11.1 Å². The molecule has 1 fully saturated rings. The molecule has 1 aliphatic rings. The van der Waals surface area contributed by atoms with Gasteiger partial charge < -0.3 is 22.1 Å².